The Kier molecular flexibility index (Phi) is 2.67. The molecular formula is C10H16N2O3. The predicted octanol–water partition coefficient (Wildman–Crippen LogP) is 0.233. The van der Waals surface area contributed by atoms with Gasteiger partial charge in [0.1, 0.15) is 11.8 Å². The standard InChI is InChI=1S/C10H16N2O3/c1-12-8(7(15-2)5-11-12)10(14)9(13)6-3-4-6/h5-6,9-10,13-14H,3-4H2,1-2H3. The minimum Gasteiger partial charge on any atom is -0.493 e. The van der Waals surface area contributed by atoms with Crippen LogP contribution in [0.3, 0.4) is 0 Å². The van der Waals surface area contributed by atoms with Crippen molar-refractivity contribution in [1.82, 2.24) is 9.78 Å². The van der Waals surface area contributed by atoms with E-state index in [-0.39, 0.29) is 5.92 Å². The average Bonchev–Trinajstić information content (AvgIpc) is 3.00. The molecule has 1 fully saturated rings. The fourth-order valence-corrected chi connectivity index (χ4v) is 1.78. The molecule has 5 heteroatoms. The number of hydrogen-bond donors (Lipinski definition) is 2. The lowest BCUT2D eigenvalue weighted by Crippen LogP contribution is -2.23. The van der Waals surface area contributed by atoms with Gasteiger partial charge in [0, 0.05) is 7.05 Å². The molecule has 2 rings (SSSR count). The lowest BCUT2D eigenvalue weighted by Gasteiger charge is -2.18. The van der Waals surface area contributed by atoms with Gasteiger partial charge in [0.2, 0.25) is 0 Å². The van der Waals surface area contributed by atoms with Gasteiger partial charge in [-0.2, -0.15) is 5.10 Å². The quantitative estimate of drug-likeness (QED) is 0.750. The number of methoxy groups -OCH3 is 1. The number of nitrogens with zero attached hydrogens (tertiary/aromatic N) is 2. The van der Waals surface area contributed by atoms with E-state index in [1.165, 1.54) is 18.0 Å². The van der Waals surface area contributed by atoms with Crippen LogP contribution in [0.4, 0.5) is 0 Å². The van der Waals surface area contributed by atoms with Crippen molar-refractivity contribution in [2.45, 2.75) is 25.0 Å². The maximum absolute atomic E-state index is 9.99. The Morgan fingerprint density at radius 3 is 2.73 bits per heavy atom. The second-order valence-electron chi connectivity index (χ2n) is 3.99. The third-order valence-corrected chi connectivity index (χ3v) is 2.88. The first kappa shape index (κ1) is 10.4. The Balaban J connectivity index is 2.22. The molecule has 5 nitrogen and oxygen atoms in total. The van der Waals surface area contributed by atoms with Gasteiger partial charge in [-0.1, -0.05) is 0 Å². The Labute approximate surface area is 88.3 Å². The fourth-order valence-electron chi connectivity index (χ4n) is 1.78. The van der Waals surface area contributed by atoms with Gasteiger partial charge in [-0.3, -0.25) is 4.68 Å². The molecule has 1 aromatic rings. The fraction of sp³-hybridized carbons (Fsp3) is 0.700. The molecule has 2 unspecified atom stereocenters. The average molecular weight is 212 g/mol. The molecule has 0 amide bonds. The summed E-state index contributed by atoms with van der Waals surface area (Å²) in [6.07, 6.45) is 1.88. The van der Waals surface area contributed by atoms with Gasteiger partial charge in [-0.25, -0.2) is 0 Å². The number of aryl methyl sites for hydroxylation is 1. The highest BCUT2D eigenvalue weighted by Gasteiger charge is 2.37. The first-order valence-electron chi connectivity index (χ1n) is 5.07. The van der Waals surface area contributed by atoms with Crippen LogP contribution in [-0.4, -0.2) is 33.2 Å². The first-order chi connectivity index (χ1) is 7.15. The number of aliphatic hydroxyl groups excluding tert-OH is 2. The van der Waals surface area contributed by atoms with Gasteiger partial charge in [0.25, 0.3) is 0 Å². The normalized spacial score (nSPS) is 20.0. The van der Waals surface area contributed by atoms with Gasteiger partial charge >= 0.3 is 0 Å². The third-order valence-electron chi connectivity index (χ3n) is 2.88. The molecule has 15 heavy (non-hydrogen) atoms. The molecule has 0 spiro atoms. The maximum atomic E-state index is 9.99. The minimum absolute atomic E-state index is 0.222. The van der Waals surface area contributed by atoms with Gasteiger partial charge in [0.15, 0.2) is 5.75 Å². The number of ether oxygens (including phenoxy) is 1. The van der Waals surface area contributed by atoms with E-state index < -0.39 is 12.2 Å². The van der Waals surface area contributed by atoms with Crippen molar-refractivity contribution in [3.05, 3.63) is 11.9 Å². The smallest absolute Gasteiger partial charge is 0.162 e. The zero-order chi connectivity index (χ0) is 11.0. The van der Waals surface area contributed by atoms with E-state index in [9.17, 15) is 10.2 Å². The Bertz CT molecular complexity index is 346. The molecular weight excluding hydrogens is 196 g/mol. The minimum atomic E-state index is -0.917. The second kappa shape index (κ2) is 3.83. The summed E-state index contributed by atoms with van der Waals surface area (Å²) < 4.78 is 6.62. The SMILES string of the molecule is COc1cnn(C)c1C(O)C(O)C1CC1. The molecule has 0 aromatic carbocycles. The highest BCUT2D eigenvalue weighted by molar-refractivity contribution is 5.28. The lowest BCUT2D eigenvalue weighted by atomic mass is 10.1. The first-order valence-corrected chi connectivity index (χ1v) is 5.07. The molecule has 1 aliphatic carbocycles. The van der Waals surface area contributed by atoms with E-state index in [1.807, 2.05) is 0 Å². The van der Waals surface area contributed by atoms with Crippen LogP contribution in [0.5, 0.6) is 5.75 Å². The summed E-state index contributed by atoms with van der Waals surface area (Å²) in [4.78, 5) is 0. The predicted molar refractivity (Wildman–Crippen MR) is 53.5 cm³/mol. The molecule has 0 aliphatic heterocycles. The van der Waals surface area contributed by atoms with E-state index in [1.54, 1.807) is 7.05 Å². The second-order valence-corrected chi connectivity index (χ2v) is 3.99. The van der Waals surface area contributed by atoms with Crippen LogP contribution in [0.1, 0.15) is 24.6 Å². The highest BCUT2D eigenvalue weighted by atomic mass is 16.5. The highest BCUT2D eigenvalue weighted by Crippen LogP contribution is 2.39. The topological polar surface area (TPSA) is 67.5 Å². The van der Waals surface area contributed by atoms with E-state index in [0.717, 1.165) is 12.8 Å². The lowest BCUT2D eigenvalue weighted by molar-refractivity contribution is -0.000901. The van der Waals surface area contributed by atoms with Crippen molar-refractivity contribution >= 4 is 0 Å². The van der Waals surface area contributed by atoms with E-state index in [0.29, 0.717) is 11.4 Å². The molecule has 1 aromatic heterocycles. The summed E-state index contributed by atoms with van der Waals surface area (Å²) >= 11 is 0. The molecule has 84 valence electrons. The molecule has 1 saturated carbocycles. The summed E-state index contributed by atoms with van der Waals surface area (Å²) in [6.45, 7) is 0. The summed E-state index contributed by atoms with van der Waals surface area (Å²) in [5.41, 5.74) is 0.539. The zero-order valence-corrected chi connectivity index (χ0v) is 8.92. The van der Waals surface area contributed by atoms with Gasteiger partial charge in [-0.05, 0) is 18.8 Å². The summed E-state index contributed by atoms with van der Waals surface area (Å²) in [7, 11) is 3.25. The van der Waals surface area contributed by atoms with Crippen LogP contribution in [0.2, 0.25) is 0 Å². The number of hydrogen-bond acceptors (Lipinski definition) is 4. The van der Waals surface area contributed by atoms with Crippen LogP contribution in [-0.2, 0) is 7.05 Å². The number of aromatic nitrogens is 2. The van der Waals surface area contributed by atoms with Crippen molar-refractivity contribution in [3.63, 3.8) is 0 Å². The van der Waals surface area contributed by atoms with Crippen LogP contribution in [0.25, 0.3) is 0 Å². The summed E-state index contributed by atoms with van der Waals surface area (Å²) in [5.74, 6) is 0.740. The monoisotopic (exact) mass is 212 g/mol. The van der Waals surface area contributed by atoms with Crippen molar-refractivity contribution in [2.24, 2.45) is 13.0 Å². The molecule has 2 N–H and O–H groups in total. The van der Waals surface area contributed by atoms with Crippen molar-refractivity contribution in [3.8, 4) is 5.75 Å². The van der Waals surface area contributed by atoms with Crippen molar-refractivity contribution < 1.29 is 14.9 Å². The largest absolute Gasteiger partial charge is 0.493 e. The van der Waals surface area contributed by atoms with Crippen molar-refractivity contribution in [1.29, 1.82) is 0 Å². The molecule has 0 bridgehead atoms. The van der Waals surface area contributed by atoms with E-state index in [2.05, 4.69) is 5.10 Å². The summed E-state index contributed by atoms with van der Waals surface area (Å²) in [5, 5.41) is 23.8. The van der Waals surface area contributed by atoms with Gasteiger partial charge in [0.05, 0.1) is 19.4 Å². The summed E-state index contributed by atoms with van der Waals surface area (Å²) in [6, 6.07) is 0. The van der Waals surface area contributed by atoms with Crippen LogP contribution < -0.4 is 4.74 Å². The van der Waals surface area contributed by atoms with Gasteiger partial charge < -0.3 is 14.9 Å². The van der Waals surface area contributed by atoms with E-state index in [4.69, 9.17) is 4.74 Å². The Morgan fingerprint density at radius 1 is 1.53 bits per heavy atom. The van der Waals surface area contributed by atoms with Crippen LogP contribution >= 0.6 is 0 Å². The number of aliphatic hydroxyl groups is 2. The molecule has 0 radical (unpaired) electrons. The van der Waals surface area contributed by atoms with E-state index >= 15 is 0 Å². The van der Waals surface area contributed by atoms with Crippen LogP contribution in [0.15, 0.2) is 6.20 Å². The van der Waals surface area contributed by atoms with Gasteiger partial charge in [-0.15, -0.1) is 0 Å². The maximum Gasteiger partial charge on any atom is 0.162 e. The van der Waals surface area contributed by atoms with Crippen LogP contribution in [0, 0.1) is 5.92 Å². The molecule has 1 heterocycles. The zero-order valence-electron chi connectivity index (χ0n) is 8.92. The molecule has 1 aliphatic rings. The molecule has 0 saturated heterocycles. The molecule has 2 atom stereocenters. The van der Waals surface area contributed by atoms with Crippen molar-refractivity contribution in [2.75, 3.05) is 7.11 Å². The Hall–Kier alpha value is -1.07. The number of rotatable bonds is 4. The third kappa shape index (κ3) is 1.85. The Morgan fingerprint density at radius 2 is 2.20 bits per heavy atom.